The Bertz CT molecular complexity index is 361. The van der Waals surface area contributed by atoms with Gasteiger partial charge in [0.15, 0.2) is 0 Å². The summed E-state index contributed by atoms with van der Waals surface area (Å²) in [6, 6.07) is 4.88. The minimum absolute atomic E-state index is 0.366. The molecule has 1 fully saturated rings. The minimum Gasteiger partial charge on any atom is -0.465 e. The number of hydrogen-bond acceptors (Lipinski definition) is 3. The van der Waals surface area contributed by atoms with Gasteiger partial charge in [0.2, 0.25) is 0 Å². The summed E-state index contributed by atoms with van der Waals surface area (Å²) >= 11 is 0. The molecule has 17 heavy (non-hydrogen) atoms. The Morgan fingerprint density at radius 2 is 2.29 bits per heavy atom. The molecule has 3 unspecified atom stereocenters. The second-order valence-electron chi connectivity index (χ2n) is 5.24. The van der Waals surface area contributed by atoms with E-state index >= 15 is 0 Å². The van der Waals surface area contributed by atoms with Crippen LogP contribution in [-0.2, 0) is 0 Å². The van der Waals surface area contributed by atoms with Gasteiger partial charge in [-0.1, -0.05) is 13.3 Å². The average Bonchev–Trinajstić information content (AvgIpc) is 2.75. The summed E-state index contributed by atoms with van der Waals surface area (Å²) in [5.41, 5.74) is 6.14. The van der Waals surface area contributed by atoms with Crippen LogP contribution in [0, 0.1) is 12.8 Å². The van der Waals surface area contributed by atoms with Gasteiger partial charge in [-0.05, 0) is 38.3 Å². The SMILES string of the molecule is CCC1CN(C(C)c2ccc(C)o2)CCC1N. The van der Waals surface area contributed by atoms with Gasteiger partial charge in [0.05, 0.1) is 6.04 Å². The summed E-state index contributed by atoms with van der Waals surface area (Å²) in [5.74, 6) is 2.70. The lowest BCUT2D eigenvalue weighted by molar-refractivity contribution is 0.103. The largest absolute Gasteiger partial charge is 0.465 e. The van der Waals surface area contributed by atoms with E-state index in [1.54, 1.807) is 0 Å². The third-order valence-electron chi connectivity index (χ3n) is 4.07. The molecular weight excluding hydrogens is 212 g/mol. The molecule has 3 atom stereocenters. The lowest BCUT2D eigenvalue weighted by Crippen LogP contribution is -2.47. The molecule has 3 nitrogen and oxygen atoms in total. The number of nitrogens with two attached hydrogens (primary N) is 1. The van der Waals surface area contributed by atoms with E-state index in [0.717, 1.165) is 31.0 Å². The van der Waals surface area contributed by atoms with E-state index < -0.39 is 0 Å². The van der Waals surface area contributed by atoms with Crippen LogP contribution in [-0.4, -0.2) is 24.0 Å². The van der Waals surface area contributed by atoms with Crippen molar-refractivity contribution < 1.29 is 4.42 Å². The van der Waals surface area contributed by atoms with Crippen molar-refractivity contribution in [2.24, 2.45) is 11.7 Å². The van der Waals surface area contributed by atoms with Crippen molar-refractivity contribution >= 4 is 0 Å². The van der Waals surface area contributed by atoms with Crippen molar-refractivity contribution in [3.63, 3.8) is 0 Å². The van der Waals surface area contributed by atoms with E-state index in [2.05, 4.69) is 24.8 Å². The highest BCUT2D eigenvalue weighted by atomic mass is 16.3. The molecule has 1 aliphatic heterocycles. The monoisotopic (exact) mass is 236 g/mol. The standard InChI is InChI=1S/C14H24N2O/c1-4-12-9-16(8-7-13(12)15)11(3)14-6-5-10(2)17-14/h5-6,11-13H,4,7-9,15H2,1-3H3. The third kappa shape index (κ3) is 2.72. The second-order valence-corrected chi connectivity index (χ2v) is 5.24. The van der Waals surface area contributed by atoms with Gasteiger partial charge in [-0.2, -0.15) is 0 Å². The van der Waals surface area contributed by atoms with E-state index in [4.69, 9.17) is 10.2 Å². The number of aryl methyl sites for hydroxylation is 1. The van der Waals surface area contributed by atoms with E-state index in [1.807, 2.05) is 13.0 Å². The molecule has 0 bridgehead atoms. The van der Waals surface area contributed by atoms with Crippen LogP contribution in [0.3, 0.4) is 0 Å². The van der Waals surface area contributed by atoms with Gasteiger partial charge in [0, 0.05) is 19.1 Å². The molecular formula is C14H24N2O. The molecule has 0 amide bonds. The summed E-state index contributed by atoms with van der Waals surface area (Å²) in [6.45, 7) is 8.63. The average molecular weight is 236 g/mol. The van der Waals surface area contributed by atoms with Crippen molar-refractivity contribution in [3.8, 4) is 0 Å². The zero-order valence-electron chi connectivity index (χ0n) is 11.1. The van der Waals surface area contributed by atoms with Crippen molar-refractivity contribution in [1.29, 1.82) is 0 Å². The molecule has 1 saturated heterocycles. The predicted molar refractivity (Wildman–Crippen MR) is 69.8 cm³/mol. The van der Waals surface area contributed by atoms with Gasteiger partial charge in [0.25, 0.3) is 0 Å². The molecule has 2 heterocycles. The first-order chi connectivity index (χ1) is 8.11. The van der Waals surface area contributed by atoms with Crippen LogP contribution in [0.1, 0.15) is 44.3 Å². The highest BCUT2D eigenvalue weighted by Gasteiger charge is 2.29. The van der Waals surface area contributed by atoms with Crippen molar-refractivity contribution in [2.75, 3.05) is 13.1 Å². The van der Waals surface area contributed by atoms with Gasteiger partial charge in [-0.15, -0.1) is 0 Å². The van der Waals surface area contributed by atoms with E-state index in [1.165, 1.54) is 6.42 Å². The number of piperidine rings is 1. The molecule has 0 saturated carbocycles. The van der Waals surface area contributed by atoms with Gasteiger partial charge in [0.1, 0.15) is 11.5 Å². The molecule has 96 valence electrons. The van der Waals surface area contributed by atoms with Gasteiger partial charge >= 0.3 is 0 Å². The molecule has 1 aromatic heterocycles. The van der Waals surface area contributed by atoms with Crippen molar-refractivity contribution in [3.05, 3.63) is 23.7 Å². The quantitative estimate of drug-likeness (QED) is 0.877. The van der Waals surface area contributed by atoms with Crippen LogP contribution < -0.4 is 5.73 Å². The lowest BCUT2D eigenvalue weighted by Gasteiger charge is -2.39. The summed E-state index contributed by atoms with van der Waals surface area (Å²) in [7, 11) is 0. The molecule has 0 spiro atoms. The molecule has 3 heteroatoms. The zero-order valence-corrected chi connectivity index (χ0v) is 11.1. The van der Waals surface area contributed by atoms with Crippen molar-refractivity contribution in [2.45, 2.75) is 45.7 Å². The maximum atomic E-state index is 6.14. The molecule has 2 N–H and O–H groups in total. The van der Waals surface area contributed by atoms with Gasteiger partial charge in [-0.3, -0.25) is 4.90 Å². The fourth-order valence-electron chi connectivity index (χ4n) is 2.72. The summed E-state index contributed by atoms with van der Waals surface area (Å²) < 4.78 is 5.72. The summed E-state index contributed by atoms with van der Waals surface area (Å²) in [5, 5.41) is 0. The summed E-state index contributed by atoms with van der Waals surface area (Å²) in [4.78, 5) is 2.50. The van der Waals surface area contributed by atoms with Crippen LogP contribution in [0.5, 0.6) is 0 Å². The fourth-order valence-corrected chi connectivity index (χ4v) is 2.72. The molecule has 2 rings (SSSR count). The maximum Gasteiger partial charge on any atom is 0.121 e. The smallest absolute Gasteiger partial charge is 0.121 e. The Balaban J connectivity index is 2.03. The van der Waals surface area contributed by atoms with E-state index in [9.17, 15) is 0 Å². The van der Waals surface area contributed by atoms with E-state index in [-0.39, 0.29) is 0 Å². The van der Waals surface area contributed by atoms with Gasteiger partial charge < -0.3 is 10.2 Å². The molecule has 0 aromatic carbocycles. The second kappa shape index (κ2) is 5.23. The maximum absolute atomic E-state index is 6.14. The number of nitrogens with zero attached hydrogens (tertiary/aromatic N) is 1. The number of likely N-dealkylation sites (tertiary alicyclic amines) is 1. The van der Waals surface area contributed by atoms with E-state index in [0.29, 0.717) is 18.0 Å². The first-order valence-electron chi connectivity index (χ1n) is 6.67. The Hall–Kier alpha value is -0.800. The van der Waals surface area contributed by atoms with Crippen LogP contribution in [0.15, 0.2) is 16.5 Å². The Morgan fingerprint density at radius 1 is 1.53 bits per heavy atom. The first-order valence-corrected chi connectivity index (χ1v) is 6.67. The fraction of sp³-hybridized carbons (Fsp3) is 0.714. The number of furan rings is 1. The summed E-state index contributed by atoms with van der Waals surface area (Å²) in [6.07, 6.45) is 2.27. The van der Waals surface area contributed by atoms with Crippen LogP contribution in [0.4, 0.5) is 0 Å². The Labute approximate surface area is 104 Å². The molecule has 1 aromatic rings. The number of hydrogen-bond donors (Lipinski definition) is 1. The lowest BCUT2D eigenvalue weighted by atomic mass is 9.90. The topological polar surface area (TPSA) is 42.4 Å². The van der Waals surface area contributed by atoms with Crippen LogP contribution in [0.25, 0.3) is 0 Å². The highest BCUT2D eigenvalue weighted by Crippen LogP contribution is 2.28. The number of rotatable bonds is 3. The highest BCUT2D eigenvalue weighted by molar-refractivity contribution is 5.09. The molecule has 0 radical (unpaired) electrons. The van der Waals surface area contributed by atoms with Gasteiger partial charge in [-0.25, -0.2) is 0 Å². The Morgan fingerprint density at radius 3 is 2.88 bits per heavy atom. The van der Waals surface area contributed by atoms with Crippen LogP contribution in [0.2, 0.25) is 0 Å². The normalized spacial score (nSPS) is 28.2. The minimum atomic E-state index is 0.366. The van der Waals surface area contributed by atoms with Crippen LogP contribution >= 0.6 is 0 Å². The molecule has 1 aliphatic rings. The Kier molecular flexibility index (Phi) is 3.89. The predicted octanol–water partition coefficient (Wildman–Crippen LogP) is 2.71. The van der Waals surface area contributed by atoms with Crippen molar-refractivity contribution in [1.82, 2.24) is 4.90 Å². The third-order valence-corrected chi connectivity index (χ3v) is 4.07. The molecule has 0 aliphatic carbocycles. The first kappa shape index (κ1) is 12.7. The zero-order chi connectivity index (χ0) is 12.4.